The van der Waals surface area contributed by atoms with Crippen molar-refractivity contribution in [3.05, 3.63) is 205 Å². The second-order valence-electron chi connectivity index (χ2n) is 16.2. The molecule has 0 radical (unpaired) electrons. The fraction of sp³-hybridized carbons (Fsp3) is 0.0508. The van der Waals surface area contributed by atoms with Gasteiger partial charge in [-0.1, -0.05) is 177 Å². The highest BCUT2D eigenvalue weighted by Gasteiger charge is 2.26. The second kappa shape index (κ2) is 15.6. The molecule has 12 rings (SSSR count). The summed E-state index contributed by atoms with van der Waals surface area (Å²) in [6.45, 7) is 4.28. The van der Waals surface area contributed by atoms with E-state index >= 15 is 0 Å². The van der Waals surface area contributed by atoms with Gasteiger partial charge in [0.2, 0.25) is 0 Å². The van der Waals surface area contributed by atoms with Crippen LogP contribution in [-0.4, -0.2) is 9.97 Å². The average molecular weight is 843 g/mol. The molecule has 63 heavy (non-hydrogen) atoms. The lowest BCUT2D eigenvalue weighted by atomic mass is 9.77. The molecule has 0 atom stereocenters. The molecular weight excluding hydrogens is 801 g/mol. The van der Waals surface area contributed by atoms with Crippen LogP contribution in [0.2, 0.25) is 0 Å². The molecule has 0 aliphatic carbocycles. The van der Waals surface area contributed by atoms with Crippen molar-refractivity contribution in [3.8, 4) is 65.6 Å². The summed E-state index contributed by atoms with van der Waals surface area (Å²) in [7, 11) is 0. The number of aromatic nitrogens is 2. The minimum absolute atomic E-state index is 0. The van der Waals surface area contributed by atoms with E-state index < -0.39 is 0 Å². The maximum absolute atomic E-state index is 5.06. The van der Waals surface area contributed by atoms with Crippen LogP contribution in [0, 0.1) is 13.8 Å². The molecule has 2 aromatic heterocycles. The van der Waals surface area contributed by atoms with Crippen LogP contribution < -0.4 is 0 Å². The Kier molecular flexibility index (Phi) is 9.57. The molecule has 300 valence electrons. The molecule has 4 heteroatoms. The number of aryl methyl sites for hydroxylation is 2. The van der Waals surface area contributed by atoms with Gasteiger partial charge in [-0.25, -0.2) is 9.97 Å². The van der Waals surface area contributed by atoms with E-state index in [4.69, 9.17) is 9.97 Å². The summed E-state index contributed by atoms with van der Waals surface area (Å²) in [5.74, 6) is 0. The maximum Gasteiger partial charge on any atom is 0.124 e. The predicted octanol–water partition coefficient (Wildman–Crippen LogP) is 17.6. The van der Waals surface area contributed by atoms with E-state index in [-0.39, 0.29) is 7.43 Å². The van der Waals surface area contributed by atoms with Crippen LogP contribution in [0.25, 0.3) is 118 Å². The minimum atomic E-state index is 0. The van der Waals surface area contributed by atoms with Gasteiger partial charge in [-0.2, -0.15) is 0 Å². The highest BCUT2D eigenvalue weighted by molar-refractivity contribution is 7.22. The minimum Gasteiger partial charge on any atom is -0.236 e. The fourth-order valence-electron chi connectivity index (χ4n) is 9.41. The quantitative estimate of drug-likeness (QED) is 0.156. The van der Waals surface area contributed by atoms with Gasteiger partial charge in [-0.05, 0) is 126 Å². The summed E-state index contributed by atoms with van der Waals surface area (Å²) in [5, 5.41) is 9.46. The Hall–Kier alpha value is -7.24. The summed E-state index contributed by atoms with van der Waals surface area (Å²) in [6, 6.07) is 71.3. The van der Waals surface area contributed by atoms with Gasteiger partial charge in [0.05, 0.1) is 20.4 Å². The Labute approximate surface area is 375 Å². The average Bonchev–Trinajstić information content (AvgIpc) is 3.95. The smallest absolute Gasteiger partial charge is 0.124 e. The van der Waals surface area contributed by atoms with E-state index in [0.717, 1.165) is 32.2 Å². The molecule has 0 N–H and O–H groups in total. The van der Waals surface area contributed by atoms with E-state index in [2.05, 4.69) is 208 Å². The van der Waals surface area contributed by atoms with Gasteiger partial charge >= 0.3 is 0 Å². The van der Waals surface area contributed by atoms with E-state index in [0.29, 0.717) is 0 Å². The molecule has 0 saturated carbocycles. The summed E-state index contributed by atoms with van der Waals surface area (Å²) in [4.78, 5) is 10.1. The zero-order valence-electron chi connectivity index (χ0n) is 34.2. The molecule has 2 nitrogen and oxygen atoms in total. The van der Waals surface area contributed by atoms with Gasteiger partial charge in [0.25, 0.3) is 0 Å². The molecule has 2 heterocycles. The summed E-state index contributed by atoms with van der Waals surface area (Å²) in [6.07, 6.45) is 0. The van der Waals surface area contributed by atoms with Gasteiger partial charge in [0.1, 0.15) is 10.0 Å². The first-order chi connectivity index (χ1) is 30.6. The lowest BCUT2D eigenvalue weighted by molar-refractivity contribution is 1.45. The SMILES string of the molecule is C.Cc1ccc2nc(-c3ccc(-c4c5ccccc5c(-c5ccc(-c6nc7ccc(C)cc7s6)cc5)c5c(-c6ccccc6)c6ccccc6c(-c6ccccc6)c45)cc3)sc2c1. The maximum atomic E-state index is 5.06. The number of thiazole rings is 2. The largest absolute Gasteiger partial charge is 0.236 e. The van der Waals surface area contributed by atoms with Crippen LogP contribution in [0.5, 0.6) is 0 Å². The van der Waals surface area contributed by atoms with Crippen LogP contribution in [-0.2, 0) is 0 Å². The Morgan fingerprint density at radius 1 is 0.317 bits per heavy atom. The first-order valence-corrected chi connectivity index (χ1v) is 22.7. The third kappa shape index (κ3) is 6.53. The van der Waals surface area contributed by atoms with Crippen molar-refractivity contribution in [2.75, 3.05) is 0 Å². The van der Waals surface area contributed by atoms with Crippen LogP contribution >= 0.6 is 22.7 Å². The van der Waals surface area contributed by atoms with Crippen molar-refractivity contribution >= 4 is 75.4 Å². The molecule has 0 unspecified atom stereocenters. The van der Waals surface area contributed by atoms with Gasteiger partial charge in [0, 0.05) is 11.1 Å². The van der Waals surface area contributed by atoms with Gasteiger partial charge < -0.3 is 0 Å². The van der Waals surface area contributed by atoms with Crippen molar-refractivity contribution in [2.45, 2.75) is 21.3 Å². The molecule has 0 spiro atoms. The molecule has 0 bridgehead atoms. The standard InChI is InChI=1S/C58H38N2S2.CH4/c1-35-21-31-47-49(33-35)61-57(59-47)41-27-23-39(24-28-41)53-45-19-11-12-20-46(45)54(40-25-29-42(30-26-40)58-60-48-32-22-36(2)34-50(48)62-58)56-52(38-15-7-4-8-16-38)44-18-10-9-17-43(44)51(55(53)56)37-13-5-3-6-14-37;/h3-34H,1-2H3;1H4. The van der Waals surface area contributed by atoms with Crippen LogP contribution in [0.1, 0.15) is 18.6 Å². The fourth-order valence-corrected chi connectivity index (χ4v) is 11.5. The first-order valence-electron chi connectivity index (χ1n) is 21.1. The summed E-state index contributed by atoms with van der Waals surface area (Å²) in [5.41, 5.74) is 16.5. The van der Waals surface area contributed by atoms with E-state index in [1.807, 2.05) is 0 Å². The van der Waals surface area contributed by atoms with Crippen molar-refractivity contribution in [1.82, 2.24) is 9.97 Å². The predicted molar refractivity (Wildman–Crippen MR) is 274 cm³/mol. The molecule has 10 aromatic carbocycles. The molecule has 0 saturated heterocycles. The number of nitrogens with zero attached hydrogens (tertiary/aromatic N) is 2. The first kappa shape index (κ1) is 38.7. The van der Waals surface area contributed by atoms with Crippen molar-refractivity contribution in [3.63, 3.8) is 0 Å². The third-order valence-electron chi connectivity index (χ3n) is 12.2. The lowest BCUT2D eigenvalue weighted by Gasteiger charge is -2.25. The zero-order valence-corrected chi connectivity index (χ0v) is 35.8. The third-order valence-corrected chi connectivity index (χ3v) is 14.4. The highest BCUT2D eigenvalue weighted by atomic mass is 32.1. The Bertz CT molecular complexity index is 3430. The number of fused-ring (bicyclic) bond motifs is 5. The molecule has 0 aliphatic heterocycles. The van der Waals surface area contributed by atoms with Crippen LogP contribution in [0.4, 0.5) is 0 Å². The topological polar surface area (TPSA) is 25.8 Å². The van der Waals surface area contributed by atoms with Crippen LogP contribution in [0.15, 0.2) is 194 Å². The molecule has 0 aliphatic rings. The monoisotopic (exact) mass is 842 g/mol. The molecule has 12 aromatic rings. The highest BCUT2D eigenvalue weighted by Crippen LogP contribution is 2.54. The van der Waals surface area contributed by atoms with Gasteiger partial charge in [-0.3, -0.25) is 0 Å². The number of benzene rings is 10. The molecular formula is C59H42N2S2. The lowest BCUT2D eigenvalue weighted by Crippen LogP contribution is -1.97. The van der Waals surface area contributed by atoms with Gasteiger partial charge in [0.15, 0.2) is 0 Å². The van der Waals surface area contributed by atoms with E-state index in [1.165, 1.54) is 97.4 Å². The molecule has 0 amide bonds. The molecule has 0 fully saturated rings. The number of rotatable bonds is 6. The van der Waals surface area contributed by atoms with Gasteiger partial charge in [-0.15, -0.1) is 22.7 Å². The Morgan fingerprint density at radius 2 is 0.619 bits per heavy atom. The van der Waals surface area contributed by atoms with Crippen molar-refractivity contribution in [1.29, 1.82) is 0 Å². The van der Waals surface area contributed by atoms with E-state index in [1.54, 1.807) is 22.7 Å². The Balaban J connectivity index is 0.00000444. The number of hydrogen-bond acceptors (Lipinski definition) is 4. The van der Waals surface area contributed by atoms with Crippen molar-refractivity contribution < 1.29 is 0 Å². The normalized spacial score (nSPS) is 11.5. The number of hydrogen-bond donors (Lipinski definition) is 0. The second-order valence-corrected chi connectivity index (χ2v) is 18.3. The van der Waals surface area contributed by atoms with E-state index in [9.17, 15) is 0 Å². The Morgan fingerprint density at radius 3 is 0.968 bits per heavy atom. The summed E-state index contributed by atoms with van der Waals surface area (Å²) < 4.78 is 2.43. The van der Waals surface area contributed by atoms with Crippen molar-refractivity contribution in [2.24, 2.45) is 0 Å². The summed E-state index contributed by atoms with van der Waals surface area (Å²) >= 11 is 3.52. The zero-order chi connectivity index (χ0) is 41.3. The van der Waals surface area contributed by atoms with Crippen LogP contribution in [0.3, 0.4) is 0 Å².